The van der Waals surface area contributed by atoms with E-state index < -0.39 is 6.10 Å². The van der Waals surface area contributed by atoms with E-state index in [4.69, 9.17) is 9.47 Å². The summed E-state index contributed by atoms with van der Waals surface area (Å²) >= 11 is 0. The van der Waals surface area contributed by atoms with Gasteiger partial charge >= 0.3 is 0 Å². The SMILES string of the molecule is COc1cccc([C@H](C)NC(=O)[C@H](C)Oc2ccccc2)c1. The third-order valence-corrected chi connectivity index (χ3v) is 3.38. The van der Waals surface area contributed by atoms with Crippen LogP contribution in [-0.2, 0) is 4.79 Å². The smallest absolute Gasteiger partial charge is 0.261 e. The van der Waals surface area contributed by atoms with Gasteiger partial charge in [-0.3, -0.25) is 4.79 Å². The molecule has 0 aliphatic heterocycles. The Morgan fingerprint density at radius 2 is 1.68 bits per heavy atom. The molecule has 0 saturated heterocycles. The van der Waals surface area contributed by atoms with Crippen molar-refractivity contribution in [1.29, 1.82) is 0 Å². The van der Waals surface area contributed by atoms with Crippen molar-refractivity contribution in [2.24, 2.45) is 0 Å². The van der Waals surface area contributed by atoms with E-state index in [1.54, 1.807) is 14.0 Å². The first-order valence-electron chi connectivity index (χ1n) is 7.26. The Morgan fingerprint density at radius 3 is 2.36 bits per heavy atom. The van der Waals surface area contributed by atoms with E-state index in [9.17, 15) is 4.79 Å². The van der Waals surface area contributed by atoms with Gasteiger partial charge in [0.2, 0.25) is 0 Å². The lowest BCUT2D eigenvalue weighted by Crippen LogP contribution is -2.37. The molecule has 2 rings (SSSR count). The maximum Gasteiger partial charge on any atom is 0.261 e. The van der Waals surface area contributed by atoms with Gasteiger partial charge in [-0.05, 0) is 43.7 Å². The minimum atomic E-state index is -0.560. The van der Waals surface area contributed by atoms with E-state index in [0.717, 1.165) is 11.3 Å². The molecule has 0 bridgehead atoms. The van der Waals surface area contributed by atoms with Crippen LogP contribution in [0.2, 0.25) is 0 Å². The predicted octanol–water partition coefficient (Wildman–Crippen LogP) is 3.34. The zero-order chi connectivity index (χ0) is 15.9. The third-order valence-electron chi connectivity index (χ3n) is 3.38. The molecule has 2 aromatic carbocycles. The molecule has 0 spiro atoms. The molecular formula is C18H21NO3. The van der Waals surface area contributed by atoms with Gasteiger partial charge < -0.3 is 14.8 Å². The van der Waals surface area contributed by atoms with Crippen LogP contribution in [0.15, 0.2) is 54.6 Å². The van der Waals surface area contributed by atoms with E-state index in [2.05, 4.69) is 5.32 Å². The van der Waals surface area contributed by atoms with E-state index in [-0.39, 0.29) is 11.9 Å². The van der Waals surface area contributed by atoms with Crippen molar-refractivity contribution in [3.05, 3.63) is 60.2 Å². The fourth-order valence-electron chi connectivity index (χ4n) is 2.08. The van der Waals surface area contributed by atoms with Gasteiger partial charge in [0, 0.05) is 0 Å². The van der Waals surface area contributed by atoms with Gasteiger partial charge in [0.05, 0.1) is 13.2 Å². The van der Waals surface area contributed by atoms with Gasteiger partial charge in [0.25, 0.3) is 5.91 Å². The van der Waals surface area contributed by atoms with Gasteiger partial charge in [-0.25, -0.2) is 0 Å². The summed E-state index contributed by atoms with van der Waals surface area (Å²) in [5, 5.41) is 2.95. The van der Waals surface area contributed by atoms with Crippen LogP contribution >= 0.6 is 0 Å². The highest BCUT2D eigenvalue weighted by Gasteiger charge is 2.17. The van der Waals surface area contributed by atoms with Crippen LogP contribution in [-0.4, -0.2) is 19.1 Å². The number of benzene rings is 2. The fourth-order valence-corrected chi connectivity index (χ4v) is 2.08. The lowest BCUT2D eigenvalue weighted by molar-refractivity contribution is -0.127. The second kappa shape index (κ2) is 7.50. The molecule has 2 atom stereocenters. The number of carbonyl (C=O) groups excluding carboxylic acids is 1. The molecule has 0 fully saturated rings. The third kappa shape index (κ3) is 4.25. The lowest BCUT2D eigenvalue weighted by Gasteiger charge is -2.19. The molecule has 116 valence electrons. The maximum atomic E-state index is 12.2. The number of methoxy groups -OCH3 is 1. The molecule has 0 unspecified atom stereocenters. The van der Waals surface area contributed by atoms with Crippen molar-refractivity contribution in [1.82, 2.24) is 5.32 Å². The maximum absolute atomic E-state index is 12.2. The first-order valence-corrected chi connectivity index (χ1v) is 7.26. The highest BCUT2D eigenvalue weighted by atomic mass is 16.5. The van der Waals surface area contributed by atoms with Crippen LogP contribution in [0.25, 0.3) is 0 Å². The van der Waals surface area contributed by atoms with Crippen molar-refractivity contribution in [2.45, 2.75) is 26.0 Å². The molecule has 0 radical (unpaired) electrons. The minimum absolute atomic E-state index is 0.121. The Hall–Kier alpha value is -2.49. The summed E-state index contributed by atoms with van der Waals surface area (Å²) in [6.07, 6.45) is -0.560. The zero-order valence-electron chi connectivity index (χ0n) is 13.1. The molecule has 0 heterocycles. The van der Waals surface area contributed by atoms with Crippen LogP contribution in [0.4, 0.5) is 0 Å². The van der Waals surface area contributed by atoms with Crippen molar-refractivity contribution in [3.8, 4) is 11.5 Å². The molecular weight excluding hydrogens is 278 g/mol. The van der Waals surface area contributed by atoms with Crippen LogP contribution < -0.4 is 14.8 Å². The Bertz CT molecular complexity index is 613. The molecule has 0 aliphatic rings. The lowest BCUT2D eigenvalue weighted by atomic mass is 10.1. The quantitative estimate of drug-likeness (QED) is 0.890. The molecule has 1 amide bonds. The Balaban J connectivity index is 1.95. The summed E-state index contributed by atoms with van der Waals surface area (Å²) in [4.78, 5) is 12.2. The van der Waals surface area contributed by atoms with Gasteiger partial charge in [-0.2, -0.15) is 0 Å². The molecule has 22 heavy (non-hydrogen) atoms. The minimum Gasteiger partial charge on any atom is -0.497 e. The van der Waals surface area contributed by atoms with E-state index in [1.807, 2.05) is 61.5 Å². The summed E-state index contributed by atoms with van der Waals surface area (Å²) < 4.78 is 10.8. The van der Waals surface area contributed by atoms with Crippen molar-refractivity contribution < 1.29 is 14.3 Å². The van der Waals surface area contributed by atoms with E-state index in [1.165, 1.54) is 0 Å². The molecule has 2 aromatic rings. The first kappa shape index (κ1) is 15.9. The second-order valence-corrected chi connectivity index (χ2v) is 5.08. The van der Waals surface area contributed by atoms with Gasteiger partial charge in [0.1, 0.15) is 11.5 Å². The number of hydrogen-bond acceptors (Lipinski definition) is 3. The first-order chi connectivity index (χ1) is 10.6. The number of ether oxygens (including phenoxy) is 2. The summed E-state index contributed by atoms with van der Waals surface area (Å²) in [5.74, 6) is 1.30. The van der Waals surface area contributed by atoms with Crippen LogP contribution in [0, 0.1) is 0 Å². The van der Waals surface area contributed by atoms with Crippen LogP contribution in [0.3, 0.4) is 0 Å². The second-order valence-electron chi connectivity index (χ2n) is 5.08. The van der Waals surface area contributed by atoms with E-state index in [0.29, 0.717) is 5.75 Å². The number of para-hydroxylation sites is 1. The highest BCUT2D eigenvalue weighted by Crippen LogP contribution is 2.19. The normalized spacial score (nSPS) is 13.0. The summed E-state index contributed by atoms with van der Waals surface area (Å²) in [5.41, 5.74) is 0.986. The summed E-state index contributed by atoms with van der Waals surface area (Å²) in [7, 11) is 1.62. The predicted molar refractivity (Wildman–Crippen MR) is 86.1 cm³/mol. The number of nitrogens with one attached hydrogen (secondary N) is 1. The Kier molecular flexibility index (Phi) is 5.42. The largest absolute Gasteiger partial charge is 0.497 e. The Morgan fingerprint density at radius 1 is 1.00 bits per heavy atom. The van der Waals surface area contributed by atoms with Crippen molar-refractivity contribution in [2.75, 3.05) is 7.11 Å². The number of amides is 1. The fraction of sp³-hybridized carbons (Fsp3) is 0.278. The number of rotatable bonds is 6. The highest BCUT2D eigenvalue weighted by molar-refractivity contribution is 5.81. The molecule has 0 aromatic heterocycles. The average molecular weight is 299 g/mol. The van der Waals surface area contributed by atoms with Crippen LogP contribution in [0.5, 0.6) is 11.5 Å². The topological polar surface area (TPSA) is 47.6 Å². The summed E-state index contributed by atoms with van der Waals surface area (Å²) in [6.45, 7) is 3.67. The number of hydrogen-bond donors (Lipinski definition) is 1. The zero-order valence-corrected chi connectivity index (χ0v) is 13.1. The monoisotopic (exact) mass is 299 g/mol. The molecule has 1 N–H and O–H groups in total. The molecule has 0 aliphatic carbocycles. The summed E-state index contributed by atoms with van der Waals surface area (Å²) in [6, 6.07) is 16.8. The van der Waals surface area contributed by atoms with Crippen molar-refractivity contribution >= 4 is 5.91 Å². The van der Waals surface area contributed by atoms with Crippen LogP contribution in [0.1, 0.15) is 25.5 Å². The van der Waals surface area contributed by atoms with Gasteiger partial charge in [-0.1, -0.05) is 30.3 Å². The van der Waals surface area contributed by atoms with E-state index >= 15 is 0 Å². The standard InChI is InChI=1S/C18H21NO3/c1-13(15-8-7-11-17(12-15)21-3)19-18(20)14(2)22-16-9-5-4-6-10-16/h4-14H,1-3H3,(H,19,20)/t13-,14-/m0/s1. The van der Waals surface area contributed by atoms with Gasteiger partial charge in [0.15, 0.2) is 6.10 Å². The molecule has 4 heteroatoms. The number of carbonyl (C=O) groups is 1. The molecule has 0 saturated carbocycles. The molecule has 4 nitrogen and oxygen atoms in total. The van der Waals surface area contributed by atoms with Crippen molar-refractivity contribution in [3.63, 3.8) is 0 Å². The average Bonchev–Trinajstić information content (AvgIpc) is 2.55. The Labute approximate surface area is 131 Å². The van der Waals surface area contributed by atoms with Gasteiger partial charge in [-0.15, -0.1) is 0 Å².